The van der Waals surface area contributed by atoms with Crippen LogP contribution < -0.4 is 10.4 Å². The van der Waals surface area contributed by atoms with Gasteiger partial charge < -0.3 is 9.15 Å². The van der Waals surface area contributed by atoms with Crippen molar-refractivity contribution in [3.63, 3.8) is 0 Å². The number of fused-ring (bicyclic) bond motifs is 2. The first-order chi connectivity index (χ1) is 13.5. The second kappa shape index (κ2) is 6.77. The van der Waals surface area contributed by atoms with Gasteiger partial charge in [-0.25, -0.2) is 9.59 Å². The van der Waals surface area contributed by atoms with E-state index in [1.807, 2.05) is 6.92 Å². The molecule has 0 bridgehead atoms. The zero-order valence-electron chi connectivity index (χ0n) is 14.9. The quantitative estimate of drug-likeness (QED) is 0.300. The van der Waals surface area contributed by atoms with Crippen molar-refractivity contribution in [1.82, 2.24) is 4.90 Å². The zero-order valence-corrected chi connectivity index (χ0v) is 14.9. The first kappa shape index (κ1) is 17.7. The van der Waals surface area contributed by atoms with Crippen LogP contribution in [-0.2, 0) is 11.2 Å². The molecule has 2 amide bonds. The molecule has 1 aromatic heterocycles. The van der Waals surface area contributed by atoms with Gasteiger partial charge in [-0.1, -0.05) is 19.1 Å². The van der Waals surface area contributed by atoms with E-state index >= 15 is 0 Å². The fourth-order valence-electron chi connectivity index (χ4n) is 3.24. The van der Waals surface area contributed by atoms with Gasteiger partial charge in [0.15, 0.2) is 0 Å². The van der Waals surface area contributed by atoms with Crippen LogP contribution >= 0.6 is 0 Å². The number of amides is 2. The van der Waals surface area contributed by atoms with Crippen LogP contribution in [0.3, 0.4) is 0 Å². The molecule has 0 spiro atoms. The van der Waals surface area contributed by atoms with Gasteiger partial charge in [0, 0.05) is 17.5 Å². The molecule has 2 aromatic carbocycles. The van der Waals surface area contributed by atoms with E-state index in [4.69, 9.17) is 9.15 Å². The molecule has 7 heteroatoms. The number of carbonyl (C=O) groups excluding carboxylic acids is 3. The number of nitrogens with zero attached hydrogens (tertiary/aromatic N) is 1. The molecule has 7 nitrogen and oxygen atoms in total. The van der Waals surface area contributed by atoms with Gasteiger partial charge in [0.2, 0.25) is 0 Å². The van der Waals surface area contributed by atoms with E-state index in [0.717, 1.165) is 15.8 Å². The summed E-state index contributed by atoms with van der Waals surface area (Å²) in [7, 11) is 0. The molecule has 28 heavy (non-hydrogen) atoms. The summed E-state index contributed by atoms with van der Waals surface area (Å²) >= 11 is 0. The maximum atomic E-state index is 12.3. The Kier molecular flexibility index (Phi) is 4.27. The summed E-state index contributed by atoms with van der Waals surface area (Å²) < 4.78 is 10.4. The fourth-order valence-corrected chi connectivity index (χ4v) is 3.24. The average molecular weight is 377 g/mol. The number of carbonyl (C=O) groups is 3. The van der Waals surface area contributed by atoms with Crippen LogP contribution in [0.15, 0.2) is 57.7 Å². The highest BCUT2D eigenvalue weighted by Crippen LogP contribution is 2.25. The number of rotatable bonds is 4. The Morgan fingerprint density at radius 1 is 1.00 bits per heavy atom. The molecule has 1 aliphatic rings. The number of esters is 1. The van der Waals surface area contributed by atoms with E-state index in [1.54, 1.807) is 24.3 Å². The standard InChI is InChI=1S/C21H15NO6/c1-2-12-9-18(23)28-17-10-13(7-8-14(12)17)27-19(24)11-22-20(25)15-5-3-4-6-16(15)21(22)26/h3-10H,2,11H2,1H3. The summed E-state index contributed by atoms with van der Waals surface area (Å²) in [5.74, 6) is -1.68. The lowest BCUT2D eigenvalue weighted by molar-refractivity contribution is -0.134. The summed E-state index contributed by atoms with van der Waals surface area (Å²) in [5, 5.41) is 0.752. The number of aryl methyl sites for hydroxylation is 1. The van der Waals surface area contributed by atoms with Gasteiger partial charge in [-0.05, 0) is 36.2 Å². The predicted octanol–water partition coefficient (Wildman–Crippen LogP) is 2.56. The van der Waals surface area contributed by atoms with Crippen molar-refractivity contribution >= 4 is 28.8 Å². The number of ether oxygens (including phenoxy) is 1. The Bertz CT molecular complexity index is 1160. The topological polar surface area (TPSA) is 93.9 Å². The normalized spacial score (nSPS) is 13.1. The second-order valence-electron chi connectivity index (χ2n) is 6.32. The molecule has 0 saturated heterocycles. The van der Waals surface area contributed by atoms with Crippen molar-refractivity contribution in [3.8, 4) is 5.75 Å². The van der Waals surface area contributed by atoms with Gasteiger partial charge in [-0.2, -0.15) is 0 Å². The van der Waals surface area contributed by atoms with E-state index in [0.29, 0.717) is 12.0 Å². The van der Waals surface area contributed by atoms with Crippen molar-refractivity contribution in [1.29, 1.82) is 0 Å². The third-order valence-corrected chi connectivity index (χ3v) is 4.58. The number of hydrogen-bond acceptors (Lipinski definition) is 6. The van der Waals surface area contributed by atoms with Gasteiger partial charge in [0.25, 0.3) is 11.8 Å². The number of hydrogen-bond donors (Lipinski definition) is 0. The molecule has 0 N–H and O–H groups in total. The second-order valence-corrected chi connectivity index (χ2v) is 6.32. The first-order valence-electron chi connectivity index (χ1n) is 8.70. The molecule has 2 heterocycles. The largest absolute Gasteiger partial charge is 0.425 e. The van der Waals surface area contributed by atoms with Crippen LogP contribution in [0.2, 0.25) is 0 Å². The molecule has 0 unspecified atom stereocenters. The van der Waals surface area contributed by atoms with E-state index in [1.165, 1.54) is 24.3 Å². The highest BCUT2D eigenvalue weighted by Gasteiger charge is 2.36. The molecule has 140 valence electrons. The van der Waals surface area contributed by atoms with Crippen molar-refractivity contribution in [2.75, 3.05) is 6.54 Å². The summed E-state index contributed by atoms with van der Waals surface area (Å²) in [4.78, 5) is 49.4. The van der Waals surface area contributed by atoms with Gasteiger partial charge in [0.05, 0.1) is 11.1 Å². The maximum absolute atomic E-state index is 12.3. The van der Waals surface area contributed by atoms with E-state index in [9.17, 15) is 19.2 Å². The Labute approximate surface area is 159 Å². The van der Waals surface area contributed by atoms with Crippen molar-refractivity contribution in [3.05, 3.63) is 75.6 Å². The molecule has 0 saturated carbocycles. The van der Waals surface area contributed by atoms with E-state index in [-0.39, 0.29) is 16.9 Å². The van der Waals surface area contributed by atoms with Crippen LogP contribution in [0.5, 0.6) is 5.75 Å². The van der Waals surface area contributed by atoms with E-state index in [2.05, 4.69) is 0 Å². The average Bonchev–Trinajstić information content (AvgIpc) is 2.92. The minimum atomic E-state index is -0.775. The molecule has 3 aromatic rings. The van der Waals surface area contributed by atoms with Crippen molar-refractivity contribution < 1.29 is 23.5 Å². The van der Waals surface area contributed by atoms with Crippen LogP contribution in [0.1, 0.15) is 33.2 Å². The Hall–Kier alpha value is -3.74. The highest BCUT2D eigenvalue weighted by atomic mass is 16.5. The molecule has 0 fully saturated rings. The van der Waals surface area contributed by atoms with Crippen LogP contribution in [0.25, 0.3) is 11.0 Å². The lowest BCUT2D eigenvalue weighted by Crippen LogP contribution is -2.36. The van der Waals surface area contributed by atoms with Gasteiger partial charge >= 0.3 is 11.6 Å². The minimum absolute atomic E-state index is 0.158. The number of imide groups is 1. The Morgan fingerprint density at radius 2 is 1.68 bits per heavy atom. The molecule has 0 aliphatic carbocycles. The smallest absolute Gasteiger partial charge is 0.336 e. The molecular weight excluding hydrogens is 362 g/mol. The predicted molar refractivity (Wildman–Crippen MR) is 99.3 cm³/mol. The Morgan fingerprint density at radius 3 is 2.32 bits per heavy atom. The summed E-state index contributed by atoms with van der Waals surface area (Å²) in [6, 6.07) is 12.5. The van der Waals surface area contributed by atoms with Gasteiger partial charge in [0.1, 0.15) is 17.9 Å². The van der Waals surface area contributed by atoms with Crippen molar-refractivity contribution in [2.45, 2.75) is 13.3 Å². The molecule has 0 atom stereocenters. The summed E-state index contributed by atoms with van der Waals surface area (Å²) in [5.41, 5.74) is 1.17. The lowest BCUT2D eigenvalue weighted by Gasteiger charge is -2.13. The molecule has 0 radical (unpaired) electrons. The van der Waals surface area contributed by atoms with Gasteiger partial charge in [-0.3, -0.25) is 14.5 Å². The molecular formula is C21H15NO6. The highest BCUT2D eigenvalue weighted by molar-refractivity contribution is 6.22. The van der Waals surface area contributed by atoms with Gasteiger partial charge in [-0.15, -0.1) is 0 Å². The van der Waals surface area contributed by atoms with Crippen LogP contribution in [-0.4, -0.2) is 29.2 Å². The SMILES string of the molecule is CCc1cc(=O)oc2cc(OC(=O)CN3C(=O)c4ccccc4C3=O)ccc12. The molecule has 4 rings (SSSR count). The first-order valence-corrected chi connectivity index (χ1v) is 8.70. The third-order valence-electron chi connectivity index (χ3n) is 4.58. The maximum Gasteiger partial charge on any atom is 0.336 e. The van der Waals surface area contributed by atoms with Crippen LogP contribution in [0.4, 0.5) is 0 Å². The fraction of sp³-hybridized carbons (Fsp3) is 0.143. The third kappa shape index (κ3) is 2.96. The lowest BCUT2D eigenvalue weighted by atomic mass is 10.1. The summed E-state index contributed by atoms with van der Waals surface area (Å²) in [6.07, 6.45) is 0.654. The van der Waals surface area contributed by atoms with Crippen molar-refractivity contribution in [2.24, 2.45) is 0 Å². The zero-order chi connectivity index (χ0) is 19.8. The summed E-state index contributed by atoms with van der Waals surface area (Å²) in [6.45, 7) is 1.41. The minimum Gasteiger partial charge on any atom is -0.425 e. The molecule has 1 aliphatic heterocycles. The van der Waals surface area contributed by atoms with E-state index < -0.39 is 30.0 Å². The van der Waals surface area contributed by atoms with Crippen LogP contribution in [0, 0.1) is 0 Å². The number of benzene rings is 2. The monoisotopic (exact) mass is 377 g/mol. The Balaban J connectivity index is 1.54.